The van der Waals surface area contributed by atoms with Crippen molar-refractivity contribution in [1.29, 1.82) is 0 Å². The van der Waals surface area contributed by atoms with Crippen molar-refractivity contribution >= 4 is 24.2 Å². The molecule has 1 unspecified atom stereocenters. The Morgan fingerprint density at radius 2 is 1.86 bits per heavy atom. The van der Waals surface area contributed by atoms with E-state index in [0.29, 0.717) is 44.1 Å². The molecule has 0 aliphatic carbocycles. The van der Waals surface area contributed by atoms with Gasteiger partial charge in [0.2, 0.25) is 5.91 Å². The smallest absolute Gasteiger partial charge is 0.260 e. The number of nitrogens with zero attached hydrogens (tertiary/aromatic N) is 1. The third-order valence-electron chi connectivity index (χ3n) is 5.06. The zero-order chi connectivity index (χ0) is 19.9. The number of ether oxygens (including phenoxy) is 1. The molecule has 1 aromatic carbocycles. The summed E-state index contributed by atoms with van der Waals surface area (Å²) in [6.07, 6.45) is 2.19. The van der Waals surface area contributed by atoms with E-state index in [1.165, 1.54) is 0 Å². The third-order valence-corrected chi connectivity index (χ3v) is 5.06. The third kappa shape index (κ3) is 7.32. The monoisotopic (exact) mass is 411 g/mol. The molecule has 158 valence electrons. The van der Waals surface area contributed by atoms with Gasteiger partial charge in [-0.3, -0.25) is 9.59 Å². The number of para-hydroxylation sites is 1. The summed E-state index contributed by atoms with van der Waals surface area (Å²) < 4.78 is 5.53. The molecule has 1 aliphatic rings. The fraction of sp³-hybridized carbons (Fsp3) is 0.619. The molecule has 7 heteroatoms. The highest BCUT2D eigenvalue weighted by Gasteiger charge is 2.32. The van der Waals surface area contributed by atoms with Crippen LogP contribution in [-0.2, 0) is 9.59 Å². The first-order chi connectivity index (χ1) is 12.8. The Morgan fingerprint density at radius 3 is 2.39 bits per heavy atom. The fourth-order valence-electron chi connectivity index (χ4n) is 3.63. The van der Waals surface area contributed by atoms with Crippen molar-refractivity contribution in [2.24, 2.45) is 17.6 Å². The Balaban J connectivity index is 0.00000392. The van der Waals surface area contributed by atoms with Crippen LogP contribution in [-0.4, -0.2) is 48.5 Å². The summed E-state index contributed by atoms with van der Waals surface area (Å²) in [7, 11) is 0. The van der Waals surface area contributed by atoms with Crippen molar-refractivity contribution < 1.29 is 14.3 Å². The van der Waals surface area contributed by atoms with Crippen LogP contribution in [0.2, 0.25) is 0 Å². The average molecular weight is 412 g/mol. The van der Waals surface area contributed by atoms with E-state index in [1.54, 1.807) is 4.90 Å². The van der Waals surface area contributed by atoms with E-state index in [1.807, 2.05) is 37.3 Å². The summed E-state index contributed by atoms with van der Waals surface area (Å²) >= 11 is 0. The SMILES string of the molecule is CC(C)CC(C)(CN)NC(=O)C1CCN(C(=O)COc2ccccc2)CC1.Cl. The number of carbonyl (C=O) groups excluding carboxylic acids is 2. The van der Waals surface area contributed by atoms with Gasteiger partial charge in [-0.2, -0.15) is 0 Å². The molecule has 0 bridgehead atoms. The maximum absolute atomic E-state index is 12.6. The van der Waals surface area contributed by atoms with Gasteiger partial charge in [-0.05, 0) is 44.2 Å². The molecule has 1 fully saturated rings. The first-order valence-corrected chi connectivity index (χ1v) is 9.80. The molecule has 0 radical (unpaired) electrons. The summed E-state index contributed by atoms with van der Waals surface area (Å²) in [6.45, 7) is 7.87. The molecule has 0 spiro atoms. The number of benzene rings is 1. The molecular formula is C21H34ClN3O3. The van der Waals surface area contributed by atoms with E-state index in [9.17, 15) is 9.59 Å². The molecule has 3 N–H and O–H groups in total. The van der Waals surface area contributed by atoms with Gasteiger partial charge in [-0.1, -0.05) is 32.0 Å². The Labute approximate surface area is 174 Å². The Morgan fingerprint density at radius 1 is 1.25 bits per heavy atom. The molecule has 1 heterocycles. The van der Waals surface area contributed by atoms with Crippen LogP contribution in [0.1, 0.15) is 40.0 Å². The van der Waals surface area contributed by atoms with E-state index in [0.717, 1.165) is 6.42 Å². The van der Waals surface area contributed by atoms with Gasteiger partial charge in [-0.25, -0.2) is 0 Å². The molecule has 6 nitrogen and oxygen atoms in total. The first-order valence-electron chi connectivity index (χ1n) is 9.80. The first kappa shape index (κ1) is 24.2. The van der Waals surface area contributed by atoms with Crippen molar-refractivity contribution in [3.63, 3.8) is 0 Å². The van der Waals surface area contributed by atoms with E-state index >= 15 is 0 Å². The minimum absolute atomic E-state index is 0. The van der Waals surface area contributed by atoms with E-state index in [2.05, 4.69) is 19.2 Å². The largest absolute Gasteiger partial charge is 0.484 e. The van der Waals surface area contributed by atoms with Crippen LogP contribution >= 0.6 is 12.4 Å². The zero-order valence-corrected chi connectivity index (χ0v) is 18.0. The Hall–Kier alpha value is -1.79. The number of nitrogens with one attached hydrogen (secondary N) is 1. The number of carbonyl (C=O) groups is 2. The van der Waals surface area contributed by atoms with Gasteiger partial charge >= 0.3 is 0 Å². The van der Waals surface area contributed by atoms with Crippen molar-refractivity contribution in [1.82, 2.24) is 10.2 Å². The van der Waals surface area contributed by atoms with Gasteiger partial charge in [0.05, 0.1) is 0 Å². The lowest BCUT2D eigenvalue weighted by atomic mass is 9.88. The van der Waals surface area contributed by atoms with Gasteiger partial charge in [0.15, 0.2) is 6.61 Å². The summed E-state index contributed by atoms with van der Waals surface area (Å²) in [4.78, 5) is 26.8. The predicted octanol–water partition coefficient (Wildman–Crippen LogP) is 2.61. The maximum atomic E-state index is 12.6. The standard InChI is InChI=1S/C21H33N3O3.ClH/c1-16(2)13-21(3,15-22)23-20(26)17-9-11-24(12-10-17)19(25)14-27-18-7-5-4-6-8-18;/h4-8,16-17H,9-15,22H2,1-3H3,(H,23,26);1H. The van der Waals surface area contributed by atoms with E-state index in [-0.39, 0.29) is 42.3 Å². The lowest BCUT2D eigenvalue weighted by Crippen LogP contribution is -2.55. The second-order valence-corrected chi connectivity index (χ2v) is 8.11. The topological polar surface area (TPSA) is 84.7 Å². The quantitative estimate of drug-likeness (QED) is 0.688. The number of amides is 2. The Bertz CT molecular complexity index is 619. The van der Waals surface area contributed by atoms with Crippen molar-refractivity contribution in [2.75, 3.05) is 26.2 Å². The molecule has 0 aromatic heterocycles. The van der Waals surface area contributed by atoms with Crippen LogP contribution in [0, 0.1) is 11.8 Å². The molecular weight excluding hydrogens is 378 g/mol. The number of hydrogen-bond donors (Lipinski definition) is 2. The number of rotatable bonds is 8. The van der Waals surface area contributed by atoms with Crippen LogP contribution in [0.15, 0.2) is 30.3 Å². The van der Waals surface area contributed by atoms with Gasteiger partial charge in [-0.15, -0.1) is 12.4 Å². The molecule has 0 saturated carbocycles. The van der Waals surface area contributed by atoms with Crippen molar-refractivity contribution in [3.05, 3.63) is 30.3 Å². The van der Waals surface area contributed by atoms with Crippen LogP contribution in [0.3, 0.4) is 0 Å². The van der Waals surface area contributed by atoms with Crippen LogP contribution < -0.4 is 15.8 Å². The number of halogens is 1. The van der Waals surface area contributed by atoms with E-state index in [4.69, 9.17) is 10.5 Å². The molecule has 1 aromatic rings. The van der Waals surface area contributed by atoms with Gasteiger partial charge in [0.25, 0.3) is 5.91 Å². The Kier molecular flexibility index (Phi) is 9.76. The summed E-state index contributed by atoms with van der Waals surface area (Å²) in [6, 6.07) is 9.31. The number of hydrogen-bond acceptors (Lipinski definition) is 4. The molecule has 2 amide bonds. The molecule has 28 heavy (non-hydrogen) atoms. The second kappa shape index (κ2) is 11.3. The second-order valence-electron chi connectivity index (χ2n) is 8.11. The van der Waals surface area contributed by atoms with Crippen LogP contribution in [0.25, 0.3) is 0 Å². The number of piperidine rings is 1. The highest BCUT2D eigenvalue weighted by molar-refractivity contribution is 5.85. The predicted molar refractivity (Wildman–Crippen MR) is 114 cm³/mol. The molecule has 2 rings (SSSR count). The van der Waals surface area contributed by atoms with Crippen molar-refractivity contribution in [3.8, 4) is 5.75 Å². The number of likely N-dealkylation sites (tertiary alicyclic amines) is 1. The highest BCUT2D eigenvalue weighted by atomic mass is 35.5. The van der Waals surface area contributed by atoms with Gasteiger partial charge in [0.1, 0.15) is 5.75 Å². The molecule has 1 saturated heterocycles. The lowest BCUT2D eigenvalue weighted by molar-refractivity contribution is -0.137. The molecule has 1 aliphatic heterocycles. The highest BCUT2D eigenvalue weighted by Crippen LogP contribution is 2.21. The fourth-order valence-corrected chi connectivity index (χ4v) is 3.63. The summed E-state index contributed by atoms with van der Waals surface area (Å²) in [5, 5.41) is 3.14. The minimum Gasteiger partial charge on any atom is -0.484 e. The maximum Gasteiger partial charge on any atom is 0.260 e. The van der Waals surface area contributed by atoms with Gasteiger partial charge in [0, 0.05) is 31.1 Å². The average Bonchev–Trinajstić information content (AvgIpc) is 2.66. The van der Waals surface area contributed by atoms with Gasteiger partial charge < -0.3 is 20.7 Å². The zero-order valence-electron chi connectivity index (χ0n) is 17.1. The summed E-state index contributed by atoms with van der Waals surface area (Å²) in [5.74, 6) is 1.09. The van der Waals surface area contributed by atoms with Crippen molar-refractivity contribution in [2.45, 2.75) is 45.6 Å². The van der Waals surface area contributed by atoms with Crippen LogP contribution in [0.5, 0.6) is 5.75 Å². The summed E-state index contributed by atoms with van der Waals surface area (Å²) in [5.41, 5.74) is 5.52. The number of nitrogens with two attached hydrogens (primary N) is 1. The lowest BCUT2D eigenvalue weighted by Gasteiger charge is -2.36. The minimum atomic E-state index is -0.373. The molecule has 1 atom stereocenters. The normalized spacial score (nSPS) is 16.8. The van der Waals surface area contributed by atoms with Crippen LogP contribution in [0.4, 0.5) is 0 Å². The van der Waals surface area contributed by atoms with E-state index < -0.39 is 0 Å².